The standard InChI is InChI=1S/C22H29BrN2O2S/c1-3-25(4-2)20(17-9-14-28-16-17)15-24-21(26)22(10-12-27-13-11-22)18-5-7-19(23)8-6-18/h5-9,14,16,20H,3-4,10-13,15H2,1-2H3,(H,24,26). The van der Waals surface area contributed by atoms with Gasteiger partial charge < -0.3 is 10.1 Å². The van der Waals surface area contributed by atoms with E-state index < -0.39 is 5.41 Å². The Hall–Kier alpha value is -1.21. The zero-order valence-corrected chi connectivity index (χ0v) is 19.0. The van der Waals surface area contributed by atoms with Crippen LogP contribution in [0.5, 0.6) is 0 Å². The third-order valence-electron chi connectivity index (χ3n) is 5.81. The molecule has 6 heteroatoms. The first-order valence-electron chi connectivity index (χ1n) is 9.99. The molecule has 1 aromatic carbocycles. The first-order chi connectivity index (χ1) is 13.6. The molecule has 1 N–H and O–H groups in total. The molecule has 1 atom stereocenters. The van der Waals surface area contributed by atoms with Gasteiger partial charge in [0, 0.05) is 24.2 Å². The highest BCUT2D eigenvalue weighted by Gasteiger charge is 2.41. The molecule has 152 valence electrons. The molecule has 1 aliphatic heterocycles. The van der Waals surface area contributed by atoms with E-state index >= 15 is 0 Å². The molecular weight excluding hydrogens is 436 g/mol. The maximum atomic E-state index is 13.5. The maximum Gasteiger partial charge on any atom is 0.230 e. The van der Waals surface area contributed by atoms with Crippen LogP contribution in [0.15, 0.2) is 45.6 Å². The number of thiophene rings is 1. The number of hydrogen-bond acceptors (Lipinski definition) is 4. The molecular formula is C22H29BrN2O2S. The van der Waals surface area contributed by atoms with Crippen molar-refractivity contribution in [3.05, 3.63) is 56.7 Å². The van der Waals surface area contributed by atoms with Gasteiger partial charge in [-0.25, -0.2) is 0 Å². The molecule has 1 fully saturated rings. The van der Waals surface area contributed by atoms with Crippen molar-refractivity contribution in [1.82, 2.24) is 10.2 Å². The second-order valence-corrected chi connectivity index (χ2v) is 8.90. The van der Waals surface area contributed by atoms with Gasteiger partial charge in [0.2, 0.25) is 5.91 Å². The fraction of sp³-hybridized carbons (Fsp3) is 0.500. The lowest BCUT2D eigenvalue weighted by Crippen LogP contribution is -2.50. The minimum Gasteiger partial charge on any atom is -0.381 e. The predicted molar refractivity (Wildman–Crippen MR) is 119 cm³/mol. The number of carbonyl (C=O) groups excluding carboxylic acids is 1. The van der Waals surface area contributed by atoms with Crippen LogP contribution in [0.25, 0.3) is 0 Å². The SMILES string of the molecule is CCN(CC)C(CNC(=O)C1(c2ccc(Br)cc2)CCOCC1)c1ccsc1. The second-order valence-electron chi connectivity index (χ2n) is 7.21. The van der Waals surface area contributed by atoms with E-state index in [1.54, 1.807) is 11.3 Å². The van der Waals surface area contributed by atoms with Crippen molar-refractivity contribution < 1.29 is 9.53 Å². The molecule has 1 aromatic heterocycles. The van der Waals surface area contributed by atoms with Gasteiger partial charge in [0.05, 0.1) is 11.5 Å². The fourth-order valence-corrected chi connectivity index (χ4v) is 5.05. The summed E-state index contributed by atoms with van der Waals surface area (Å²) in [6, 6.07) is 10.5. The molecule has 1 unspecified atom stereocenters. The summed E-state index contributed by atoms with van der Waals surface area (Å²) in [7, 11) is 0. The van der Waals surface area contributed by atoms with E-state index in [9.17, 15) is 4.79 Å². The van der Waals surface area contributed by atoms with E-state index in [2.05, 4.69) is 69.0 Å². The Balaban J connectivity index is 1.80. The van der Waals surface area contributed by atoms with E-state index in [0.717, 1.165) is 36.0 Å². The molecule has 1 saturated heterocycles. The molecule has 0 aliphatic carbocycles. The highest BCUT2D eigenvalue weighted by molar-refractivity contribution is 9.10. The van der Waals surface area contributed by atoms with Gasteiger partial charge >= 0.3 is 0 Å². The van der Waals surface area contributed by atoms with Gasteiger partial charge in [-0.15, -0.1) is 0 Å². The largest absolute Gasteiger partial charge is 0.381 e. The molecule has 4 nitrogen and oxygen atoms in total. The molecule has 3 rings (SSSR count). The Kier molecular flexibility index (Phi) is 7.69. The molecule has 2 heterocycles. The first-order valence-corrected chi connectivity index (χ1v) is 11.7. The molecule has 0 saturated carbocycles. The number of nitrogens with one attached hydrogen (secondary N) is 1. The summed E-state index contributed by atoms with van der Waals surface area (Å²) in [5.74, 6) is 0.116. The Labute approximate surface area is 180 Å². The first kappa shape index (κ1) is 21.5. The third kappa shape index (κ3) is 4.67. The predicted octanol–water partition coefficient (Wildman–Crippen LogP) is 4.76. The molecule has 0 radical (unpaired) electrons. The lowest BCUT2D eigenvalue weighted by molar-refractivity contribution is -0.130. The van der Waals surface area contributed by atoms with Crippen LogP contribution in [0.2, 0.25) is 0 Å². The summed E-state index contributed by atoms with van der Waals surface area (Å²) in [4.78, 5) is 15.9. The van der Waals surface area contributed by atoms with E-state index in [1.807, 2.05) is 12.1 Å². The molecule has 1 amide bonds. The Morgan fingerprint density at radius 1 is 1.21 bits per heavy atom. The quantitative estimate of drug-likeness (QED) is 0.612. The van der Waals surface area contributed by atoms with Crippen molar-refractivity contribution in [2.24, 2.45) is 0 Å². The average Bonchev–Trinajstić information content (AvgIpc) is 3.26. The van der Waals surface area contributed by atoms with Gasteiger partial charge in [-0.1, -0.05) is 41.9 Å². The number of nitrogens with zero attached hydrogens (tertiary/aromatic N) is 1. The van der Waals surface area contributed by atoms with E-state index in [1.165, 1.54) is 5.56 Å². The maximum absolute atomic E-state index is 13.5. The average molecular weight is 465 g/mol. The van der Waals surface area contributed by atoms with Gasteiger partial charge in [-0.2, -0.15) is 11.3 Å². The number of hydrogen-bond donors (Lipinski definition) is 1. The van der Waals surface area contributed by atoms with E-state index in [-0.39, 0.29) is 11.9 Å². The topological polar surface area (TPSA) is 41.6 Å². The number of likely N-dealkylation sites (N-methyl/N-ethyl adjacent to an activating group) is 1. The van der Waals surface area contributed by atoms with Gasteiger partial charge in [0.25, 0.3) is 0 Å². The smallest absolute Gasteiger partial charge is 0.230 e. The monoisotopic (exact) mass is 464 g/mol. The number of amides is 1. The van der Waals surface area contributed by atoms with E-state index in [4.69, 9.17) is 4.74 Å². The summed E-state index contributed by atoms with van der Waals surface area (Å²) in [6.07, 6.45) is 1.43. The highest BCUT2D eigenvalue weighted by atomic mass is 79.9. The van der Waals surface area contributed by atoms with Crippen LogP contribution in [0.4, 0.5) is 0 Å². The number of halogens is 1. The van der Waals surface area contributed by atoms with Gasteiger partial charge in [0.15, 0.2) is 0 Å². The number of benzene rings is 1. The lowest BCUT2D eigenvalue weighted by Gasteiger charge is -2.37. The number of rotatable bonds is 8. The van der Waals surface area contributed by atoms with Crippen LogP contribution in [0.3, 0.4) is 0 Å². The number of carbonyl (C=O) groups is 1. The van der Waals surface area contributed by atoms with Gasteiger partial charge in [-0.3, -0.25) is 9.69 Å². The molecule has 2 aromatic rings. The Morgan fingerprint density at radius 2 is 1.89 bits per heavy atom. The van der Waals surface area contributed by atoms with Crippen molar-refractivity contribution in [3.8, 4) is 0 Å². The molecule has 0 bridgehead atoms. The van der Waals surface area contributed by atoms with Crippen molar-refractivity contribution >= 4 is 33.2 Å². The van der Waals surface area contributed by atoms with Gasteiger partial charge in [0.1, 0.15) is 0 Å². The zero-order valence-electron chi connectivity index (χ0n) is 16.6. The van der Waals surface area contributed by atoms with Crippen LogP contribution in [-0.4, -0.2) is 43.7 Å². The summed E-state index contributed by atoms with van der Waals surface area (Å²) in [6.45, 7) is 8.12. The normalized spacial score (nSPS) is 17.4. The van der Waals surface area contributed by atoms with Crippen LogP contribution in [0, 0.1) is 0 Å². The summed E-state index contributed by atoms with van der Waals surface area (Å²) >= 11 is 5.20. The zero-order chi connectivity index (χ0) is 20.0. The van der Waals surface area contributed by atoms with Crippen LogP contribution in [0.1, 0.15) is 43.9 Å². The summed E-state index contributed by atoms with van der Waals surface area (Å²) in [5.41, 5.74) is 1.84. The van der Waals surface area contributed by atoms with Crippen LogP contribution >= 0.6 is 27.3 Å². The minimum absolute atomic E-state index is 0.116. The summed E-state index contributed by atoms with van der Waals surface area (Å²) in [5, 5.41) is 7.60. The second kappa shape index (κ2) is 10.0. The highest BCUT2D eigenvalue weighted by Crippen LogP contribution is 2.36. The van der Waals surface area contributed by atoms with E-state index in [0.29, 0.717) is 19.8 Å². The third-order valence-corrected chi connectivity index (χ3v) is 7.04. The van der Waals surface area contributed by atoms with Crippen molar-refractivity contribution in [2.75, 3.05) is 32.8 Å². The van der Waals surface area contributed by atoms with Crippen molar-refractivity contribution in [1.29, 1.82) is 0 Å². The minimum atomic E-state index is -0.512. The molecule has 1 aliphatic rings. The Morgan fingerprint density at radius 3 is 2.46 bits per heavy atom. The Bertz CT molecular complexity index is 738. The molecule has 0 spiro atoms. The van der Waals surface area contributed by atoms with Crippen LogP contribution < -0.4 is 5.32 Å². The van der Waals surface area contributed by atoms with Crippen molar-refractivity contribution in [2.45, 2.75) is 38.1 Å². The van der Waals surface area contributed by atoms with Crippen LogP contribution in [-0.2, 0) is 14.9 Å². The van der Waals surface area contributed by atoms with Crippen molar-refractivity contribution in [3.63, 3.8) is 0 Å². The number of ether oxygens (including phenoxy) is 1. The molecule has 28 heavy (non-hydrogen) atoms. The summed E-state index contributed by atoms with van der Waals surface area (Å²) < 4.78 is 6.61. The lowest BCUT2D eigenvalue weighted by atomic mass is 9.73. The van der Waals surface area contributed by atoms with Gasteiger partial charge in [-0.05, 0) is 66.0 Å². The fourth-order valence-electron chi connectivity index (χ4n) is 4.08.